The molecule has 100 valence electrons. The maximum atomic E-state index is 13.8. The van der Waals surface area contributed by atoms with Crippen LogP contribution in [0.5, 0.6) is 0 Å². The lowest BCUT2D eigenvalue weighted by atomic mass is 10.1. The second-order valence-electron chi connectivity index (χ2n) is 4.61. The number of carbonyl (C=O) groups excluding carboxylic acids is 1. The molecule has 20 heavy (non-hydrogen) atoms. The predicted molar refractivity (Wildman–Crippen MR) is 70.7 cm³/mol. The maximum absolute atomic E-state index is 13.8. The Morgan fingerprint density at radius 2 is 1.85 bits per heavy atom. The SMILES string of the molecule is Cc1ccc(C(=O)c2cc3cc(F)ccc3o2)c(F)c1. The Morgan fingerprint density at radius 3 is 2.60 bits per heavy atom. The number of benzene rings is 2. The topological polar surface area (TPSA) is 30.2 Å². The third-order valence-corrected chi connectivity index (χ3v) is 3.07. The second-order valence-corrected chi connectivity index (χ2v) is 4.61. The van der Waals surface area contributed by atoms with Crippen LogP contribution in [0.15, 0.2) is 46.9 Å². The van der Waals surface area contributed by atoms with Crippen LogP contribution in [-0.4, -0.2) is 5.78 Å². The van der Waals surface area contributed by atoms with E-state index in [0.29, 0.717) is 11.0 Å². The summed E-state index contributed by atoms with van der Waals surface area (Å²) in [5.41, 5.74) is 1.06. The van der Waals surface area contributed by atoms with Crippen LogP contribution >= 0.6 is 0 Å². The van der Waals surface area contributed by atoms with Gasteiger partial charge in [-0.3, -0.25) is 4.79 Å². The summed E-state index contributed by atoms with van der Waals surface area (Å²) in [7, 11) is 0. The van der Waals surface area contributed by atoms with Crippen molar-refractivity contribution in [2.75, 3.05) is 0 Å². The summed E-state index contributed by atoms with van der Waals surface area (Å²) in [4.78, 5) is 12.2. The Bertz CT molecular complexity index is 818. The van der Waals surface area contributed by atoms with Gasteiger partial charge in [0.05, 0.1) is 5.56 Å². The van der Waals surface area contributed by atoms with Gasteiger partial charge in [0.25, 0.3) is 0 Å². The lowest BCUT2D eigenvalue weighted by Crippen LogP contribution is -2.03. The summed E-state index contributed by atoms with van der Waals surface area (Å²) in [5, 5.41) is 0.473. The number of ketones is 1. The molecule has 3 rings (SSSR count). The molecule has 0 bridgehead atoms. The number of carbonyl (C=O) groups is 1. The number of furan rings is 1. The molecule has 0 fully saturated rings. The van der Waals surface area contributed by atoms with E-state index in [-0.39, 0.29) is 11.3 Å². The van der Waals surface area contributed by atoms with Gasteiger partial charge in [-0.1, -0.05) is 6.07 Å². The summed E-state index contributed by atoms with van der Waals surface area (Å²) in [6, 6.07) is 9.72. The summed E-state index contributed by atoms with van der Waals surface area (Å²) in [6.07, 6.45) is 0. The fourth-order valence-electron chi connectivity index (χ4n) is 2.06. The number of halogens is 2. The zero-order valence-corrected chi connectivity index (χ0v) is 10.6. The molecule has 0 atom stereocenters. The van der Waals surface area contributed by atoms with Gasteiger partial charge >= 0.3 is 0 Å². The quantitative estimate of drug-likeness (QED) is 0.653. The molecule has 0 radical (unpaired) electrons. The number of hydrogen-bond donors (Lipinski definition) is 0. The smallest absolute Gasteiger partial charge is 0.231 e. The highest BCUT2D eigenvalue weighted by Gasteiger charge is 2.18. The van der Waals surface area contributed by atoms with Crippen molar-refractivity contribution in [2.45, 2.75) is 6.92 Å². The van der Waals surface area contributed by atoms with Crippen molar-refractivity contribution in [3.8, 4) is 0 Å². The van der Waals surface area contributed by atoms with Crippen molar-refractivity contribution in [2.24, 2.45) is 0 Å². The van der Waals surface area contributed by atoms with Gasteiger partial charge in [0.2, 0.25) is 5.78 Å². The average molecular weight is 272 g/mol. The molecule has 4 heteroatoms. The molecular weight excluding hydrogens is 262 g/mol. The van der Waals surface area contributed by atoms with Gasteiger partial charge in [-0.15, -0.1) is 0 Å². The van der Waals surface area contributed by atoms with E-state index in [4.69, 9.17) is 4.42 Å². The number of aryl methyl sites for hydroxylation is 1. The Hall–Kier alpha value is -2.49. The van der Waals surface area contributed by atoms with E-state index in [0.717, 1.165) is 5.56 Å². The van der Waals surface area contributed by atoms with Crippen molar-refractivity contribution >= 4 is 16.8 Å². The first-order valence-corrected chi connectivity index (χ1v) is 6.04. The molecule has 2 nitrogen and oxygen atoms in total. The standard InChI is InChI=1S/C16H10F2O2/c1-9-2-4-12(13(18)6-9)16(19)15-8-10-7-11(17)3-5-14(10)20-15/h2-8H,1H3. The van der Waals surface area contributed by atoms with Gasteiger partial charge in [0.15, 0.2) is 5.76 Å². The zero-order chi connectivity index (χ0) is 14.3. The number of rotatable bonds is 2. The van der Waals surface area contributed by atoms with Crippen molar-refractivity contribution in [1.29, 1.82) is 0 Å². The van der Waals surface area contributed by atoms with Gasteiger partial charge in [-0.05, 0) is 48.9 Å². The van der Waals surface area contributed by atoms with Crippen LogP contribution in [-0.2, 0) is 0 Å². The van der Waals surface area contributed by atoms with Crippen LogP contribution in [0.1, 0.15) is 21.7 Å². The van der Waals surface area contributed by atoms with Crippen LogP contribution in [0.4, 0.5) is 8.78 Å². The Labute approximate surface area is 113 Å². The second kappa shape index (κ2) is 4.56. The van der Waals surface area contributed by atoms with Gasteiger partial charge in [-0.2, -0.15) is 0 Å². The van der Waals surface area contributed by atoms with Crippen molar-refractivity contribution in [3.63, 3.8) is 0 Å². The highest BCUT2D eigenvalue weighted by atomic mass is 19.1. The number of hydrogen-bond acceptors (Lipinski definition) is 2. The summed E-state index contributed by atoms with van der Waals surface area (Å²) < 4.78 is 32.2. The summed E-state index contributed by atoms with van der Waals surface area (Å²) in [5.74, 6) is -1.58. The molecule has 1 heterocycles. The third-order valence-electron chi connectivity index (χ3n) is 3.07. The van der Waals surface area contributed by atoms with Gasteiger partial charge in [-0.25, -0.2) is 8.78 Å². The highest BCUT2D eigenvalue weighted by molar-refractivity contribution is 6.09. The Morgan fingerprint density at radius 1 is 1.05 bits per heavy atom. The molecular formula is C16H10F2O2. The average Bonchev–Trinajstić information content (AvgIpc) is 2.81. The molecule has 3 aromatic rings. The minimum Gasteiger partial charge on any atom is -0.453 e. The highest BCUT2D eigenvalue weighted by Crippen LogP contribution is 2.23. The molecule has 0 unspecified atom stereocenters. The molecule has 0 N–H and O–H groups in total. The van der Waals surface area contributed by atoms with Crippen molar-refractivity contribution in [1.82, 2.24) is 0 Å². The third kappa shape index (κ3) is 2.09. The lowest BCUT2D eigenvalue weighted by Gasteiger charge is -2.00. The molecule has 0 amide bonds. The first kappa shape index (κ1) is 12.5. The van der Waals surface area contributed by atoms with Crippen LogP contribution in [0.25, 0.3) is 11.0 Å². The molecule has 0 aliphatic heterocycles. The maximum Gasteiger partial charge on any atom is 0.231 e. The Kier molecular flexibility index (Phi) is 2.86. The fraction of sp³-hybridized carbons (Fsp3) is 0.0625. The number of fused-ring (bicyclic) bond motifs is 1. The van der Waals surface area contributed by atoms with Crippen LogP contribution in [0, 0.1) is 18.6 Å². The summed E-state index contributed by atoms with van der Waals surface area (Å²) in [6.45, 7) is 1.74. The predicted octanol–water partition coefficient (Wildman–Crippen LogP) is 4.25. The van der Waals surface area contributed by atoms with E-state index < -0.39 is 17.4 Å². The van der Waals surface area contributed by atoms with Gasteiger partial charge in [0, 0.05) is 5.39 Å². The first-order valence-electron chi connectivity index (χ1n) is 6.04. The first-order chi connectivity index (χ1) is 9.54. The van der Waals surface area contributed by atoms with Gasteiger partial charge in [0.1, 0.15) is 17.2 Å². The largest absolute Gasteiger partial charge is 0.453 e. The van der Waals surface area contributed by atoms with Crippen LogP contribution < -0.4 is 0 Å². The van der Waals surface area contributed by atoms with Crippen molar-refractivity contribution in [3.05, 3.63) is 71.0 Å². The van der Waals surface area contributed by atoms with E-state index in [1.807, 2.05) is 0 Å². The zero-order valence-electron chi connectivity index (χ0n) is 10.6. The van der Waals surface area contributed by atoms with E-state index in [9.17, 15) is 13.6 Å². The van der Waals surface area contributed by atoms with E-state index in [1.165, 1.54) is 36.4 Å². The van der Waals surface area contributed by atoms with E-state index >= 15 is 0 Å². The monoisotopic (exact) mass is 272 g/mol. The molecule has 0 aliphatic rings. The molecule has 1 aromatic heterocycles. The molecule has 0 aliphatic carbocycles. The van der Waals surface area contributed by atoms with E-state index in [2.05, 4.69) is 0 Å². The normalized spacial score (nSPS) is 10.9. The van der Waals surface area contributed by atoms with Crippen LogP contribution in [0.2, 0.25) is 0 Å². The van der Waals surface area contributed by atoms with Gasteiger partial charge < -0.3 is 4.42 Å². The summed E-state index contributed by atoms with van der Waals surface area (Å²) >= 11 is 0. The molecule has 0 spiro atoms. The van der Waals surface area contributed by atoms with Crippen molar-refractivity contribution < 1.29 is 18.0 Å². The van der Waals surface area contributed by atoms with E-state index in [1.54, 1.807) is 13.0 Å². The lowest BCUT2D eigenvalue weighted by molar-refractivity contribution is 0.101. The minimum atomic E-state index is -0.596. The van der Waals surface area contributed by atoms with Crippen LogP contribution in [0.3, 0.4) is 0 Å². The molecule has 2 aromatic carbocycles. The Balaban J connectivity index is 2.08. The molecule has 0 saturated heterocycles. The molecule has 0 saturated carbocycles. The fourth-order valence-corrected chi connectivity index (χ4v) is 2.06. The minimum absolute atomic E-state index is 0.00615.